The van der Waals surface area contributed by atoms with E-state index in [0.717, 1.165) is 22.6 Å². The second kappa shape index (κ2) is 8.86. The van der Waals surface area contributed by atoms with Crippen LogP contribution < -0.4 is 4.74 Å². The van der Waals surface area contributed by atoms with Gasteiger partial charge in [0.1, 0.15) is 5.75 Å². The Balaban J connectivity index is 1.48. The number of aryl methyl sites for hydroxylation is 1. The average Bonchev–Trinajstić information content (AvgIpc) is 3.46. The molecule has 1 atom stereocenters. The number of carbonyl (C=O) groups is 1. The van der Waals surface area contributed by atoms with Crippen LogP contribution >= 0.6 is 0 Å². The molecular formula is C24H24N2O4. The summed E-state index contributed by atoms with van der Waals surface area (Å²) >= 11 is 0. The highest BCUT2D eigenvalue weighted by molar-refractivity contribution is 6.01. The first-order chi connectivity index (χ1) is 14.6. The monoisotopic (exact) mass is 404 g/mol. The first kappa shape index (κ1) is 19.8. The number of carbonyl (C=O) groups excluding carboxylic acids is 1. The van der Waals surface area contributed by atoms with Crippen molar-refractivity contribution in [3.63, 3.8) is 0 Å². The number of hydrogen-bond donors (Lipinski definition) is 0. The molecule has 0 N–H and O–H groups in total. The van der Waals surface area contributed by atoms with Gasteiger partial charge in [0.15, 0.2) is 11.9 Å². The Morgan fingerprint density at radius 3 is 2.73 bits per heavy atom. The smallest absolute Gasteiger partial charge is 0.289 e. The zero-order valence-electron chi connectivity index (χ0n) is 17.1. The summed E-state index contributed by atoms with van der Waals surface area (Å²) in [5.41, 5.74) is 4.10. The van der Waals surface area contributed by atoms with Crippen molar-refractivity contribution < 1.29 is 18.8 Å². The van der Waals surface area contributed by atoms with Gasteiger partial charge in [-0.05, 0) is 42.3 Å². The fraction of sp³-hybridized carbons (Fsp3) is 0.250. The maximum absolute atomic E-state index is 13.0. The molecule has 1 aliphatic heterocycles. The van der Waals surface area contributed by atoms with Crippen molar-refractivity contribution in [3.05, 3.63) is 89.4 Å². The molecule has 0 spiro atoms. The molecule has 0 saturated carbocycles. The van der Waals surface area contributed by atoms with Gasteiger partial charge in [0.25, 0.3) is 5.91 Å². The zero-order valence-corrected chi connectivity index (χ0v) is 17.1. The Hall–Kier alpha value is -3.54. The molecule has 1 amide bonds. The van der Waals surface area contributed by atoms with Gasteiger partial charge in [0.2, 0.25) is 0 Å². The Morgan fingerprint density at radius 2 is 2.00 bits per heavy atom. The third kappa shape index (κ3) is 4.54. The van der Waals surface area contributed by atoms with Crippen molar-refractivity contribution in [1.82, 2.24) is 4.90 Å². The van der Waals surface area contributed by atoms with Crippen LogP contribution in [0, 0.1) is 6.92 Å². The van der Waals surface area contributed by atoms with E-state index in [1.165, 1.54) is 11.8 Å². The quantitative estimate of drug-likeness (QED) is 0.584. The van der Waals surface area contributed by atoms with E-state index in [-0.39, 0.29) is 12.0 Å². The summed E-state index contributed by atoms with van der Waals surface area (Å²) in [6, 6.07) is 19.3. The lowest BCUT2D eigenvalue weighted by molar-refractivity contribution is 0.0387. The number of oxime groups is 1. The van der Waals surface area contributed by atoms with Gasteiger partial charge in [0, 0.05) is 13.0 Å². The largest absolute Gasteiger partial charge is 0.497 e. The summed E-state index contributed by atoms with van der Waals surface area (Å²) in [5, 5.41) is 4.26. The lowest BCUT2D eigenvalue weighted by atomic mass is 10.0. The first-order valence-corrected chi connectivity index (χ1v) is 9.88. The first-order valence-electron chi connectivity index (χ1n) is 9.88. The summed E-state index contributed by atoms with van der Waals surface area (Å²) in [7, 11) is 1.63. The molecule has 3 aromatic rings. The third-order valence-electron chi connectivity index (χ3n) is 5.07. The predicted octanol–water partition coefficient (Wildman–Crippen LogP) is 4.43. The zero-order chi connectivity index (χ0) is 20.9. The van der Waals surface area contributed by atoms with Crippen LogP contribution in [0.25, 0.3) is 0 Å². The maximum Gasteiger partial charge on any atom is 0.289 e. The number of methoxy groups -OCH3 is 1. The summed E-state index contributed by atoms with van der Waals surface area (Å²) in [5.74, 6) is 0.866. The second-order valence-electron chi connectivity index (χ2n) is 7.35. The molecular weight excluding hydrogens is 380 g/mol. The number of furan rings is 1. The molecule has 30 heavy (non-hydrogen) atoms. The number of nitrogens with zero attached hydrogens (tertiary/aromatic N) is 2. The number of rotatable bonds is 7. The van der Waals surface area contributed by atoms with Crippen LogP contribution in [0.2, 0.25) is 0 Å². The van der Waals surface area contributed by atoms with Gasteiger partial charge in [-0.2, -0.15) is 0 Å². The molecule has 0 bridgehead atoms. The summed E-state index contributed by atoms with van der Waals surface area (Å²) in [6.07, 6.45) is 1.93. The molecule has 2 heterocycles. The van der Waals surface area contributed by atoms with Crippen molar-refractivity contribution in [3.8, 4) is 5.75 Å². The van der Waals surface area contributed by atoms with Crippen LogP contribution in [0.15, 0.2) is 76.5 Å². The van der Waals surface area contributed by atoms with Crippen LogP contribution in [0.3, 0.4) is 0 Å². The summed E-state index contributed by atoms with van der Waals surface area (Å²) in [4.78, 5) is 20.4. The molecule has 154 valence electrons. The lowest BCUT2D eigenvalue weighted by Crippen LogP contribution is -2.37. The van der Waals surface area contributed by atoms with E-state index in [9.17, 15) is 4.79 Å². The molecule has 6 heteroatoms. The van der Waals surface area contributed by atoms with E-state index in [1.807, 2.05) is 36.4 Å². The van der Waals surface area contributed by atoms with Crippen LogP contribution in [0.5, 0.6) is 5.75 Å². The van der Waals surface area contributed by atoms with E-state index in [4.69, 9.17) is 14.0 Å². The fourth-order valence-electron chi connectivity index (χ4n) is 3.46. The van der Waals surface area contributed by atoms with Crippen molar-refractivity contribution in [2.75, 3.05) is 13.7 Å². The van der Waals surface area contributed by atoms with Crippen molar-refractivity contribution in [2.45, 2.75) is 26.0 Å². The summed E-state index contributed by atoms with van der Waals surface area (Å²) < 4.78 is 10.6. The van der Waals surface area contributed by atoms with Gasteiger partial charge in [-0.1, -0.05) is 47.1 Å². The van der Waals surface area contributed by atoms with Gasteiger partial charge in [0.05, 0.1) is 25.6 Å². The van der Waals surface area contributed by atoms with Gasteiger partial charge in [-0.15, -0.1) is 0 Å². The van der Waals surface area contributed by atoms with Crippen molar-refractivity contribution in [1.29, 1.82) is 0 Å². The van der Waals surface area contributed by atoms with Crippen LogP contribution in [0.4, 0.5) is 0 Å². The highest BCUT2D eigenvalue weighted by Gasteiger charge is 2.28. The highest BCUT2D eigenvalue weighted by atomic mass is 16.6. The minimum Gasteiger partial charge on any atom is -0.497 e. The van der Waals surface area contributed by atoms with Crippen LogP contribution in [-0.2, 0) is 11.4 Å². The minimum atomic E-state index is -0.217. The van der Waals surface area contributed by atoms with E-state index < -0.39 is 0 Å². The number of ether oxygens (including phenoxy) is 1. The Bertz CT molecular complexity index is 1030. The molecule has 4 rings (SSSR count). The van der Waals surface area contributed by atoms with E-state index >= 15 is 0 Å². The van der Waals surface area contributed by atoms with Gasteiger partial charge in [-0.3, -0.25) is 4.79 Å². The molecule has 6 nitrogen and oxygen atoms in total. The predicted molar refractivity (Wildman–Crippen MR) is 114 cm³/mol. The average molecular weight is 404 g/mol. The van der Waals surface area contributed by atoms with Crippen LogP contribution in [0.1, 0.15) is 33.7 Å². The molecule has 1 aromatic heterocycles. The van der Waals surface area contributed by atoms with Gasteiger partial charge < -0.3 is 18.9 Å². The molecule has 0 aliphatic carbocycles. The topological polar surface area (TPSA) is 64.3 Å². The number of amides is 1. The van der Waals surface area contributed by atoms with Gasteiger partial charge in [-0.25, -0.2) is 0 Å². The van der Waals surface area contributed by atoms with Crippen LogP contribution in [-0.4, -0.2) is 36.3 Å². The number of benzene rings is 2. The van der Waals surface area contributed by atoms with E-state index in [2.05, 4.69) is 24.2 Å². The molecule has 0 saturated heterocycles. The Labute approximate surface area is 175 Å². The van der Waals surface area contributed by atoms with Gasteiger partial charge >= 0.3 is 0 Å². The second-order valence-corrected chi connectivity index (χ2v) is 7.35. The molecule has 2 aromatic carbocycles. The molecule has 1 aliphatic rings. The van der Waals surface area contributed by atoms with Crippen molar-refractivity contribution >= 4 is 11.6 Å². The van der Waals surface area contributed by atoms with Crippen molar-refractivity contribution in [2.24, 2.45) is 5.16 Å². The molecule has 1 unspecified atom stereocenters. The lowest BCUT2D eigenvalue weighted by Gasteiger charge is -2.24. The number of hydrogen-bond acceptors (Lipinski definition) is 5. The Kier molecular flexibility index (Phi) is 5.84. The molecule has 0 radical (unpaired) electrons. The third-order valence-corrected chi connectivity index (χ3v) is 5.07. The standard InChI is InChI=1S/C24H24N2O4/c1-17-8-10-19(11-9-17)22-14-21(30-25-22)16-26(24(27)23-7-4-12-29-23)15-18-5-3-6-20(13-18)28-2/h3-13,21H,14-16H2,1-2H3. The maximum atomic E-state index is 13.0. The Morgan fingerprint density at radius 1 is 1.17 bits per heavy atom. The minimum absolute atomic E-state index is 0.185. The fourth-order valence-corrected chi connectivity index (χ4v) is 3.46. The highest BCUT2D eigenvalue weighted by Crippen LogP contribution is 2.21. The van der Waals surface area contributed by atoms with E-state index in [1.54, 1.807) is 24.1 Å². The van der Waals surface area contributed by atoms with E-state index in [0.29, 0.717) is 25.3 Å². The SMILES string of the molecule is COc1cccc(CN(CC2CC(c3ccc(C)cc3)=NO2)C(=O)c2ccco2)c1. The normalized spacial score (nSPS) is 15.4. The molecule has 0 fully saturated rings. The summed E-state index contributed by atoms with van der Waals surface area (Å²) in [6.45, 7) is 2.86.